The van der Waals surface area contributed by atoms with E-state index in [2.05, 4.69) is 25.8 Å². The summed E-state index contributed by atoms with van der Waals surface area (Å²) in [5.74, 6) is 0.400. The van der Waals surface area contributed by atoms with Gasteiger partial charge in [0.25, 0.3) is 0 Å². The molecule has 2 aromatic carbocycles. The van der Waals surface area contributed by atoms with Crippen LogP contribution in [0.2, 0.25) is 0 Å². The first-order chi connectivity index (χ1) is 10.7. The van der Waals surface area contributed by atoms with E-state index in [1.54, 1.807) is 18.2 Å². The molecule has 0 aliphatic carbocycles. The fourth-order valence-electron chi connectivity index (χ4n) is 1.97. The van der Waals surface area contributed by atoms with Crippen LogP contribution in [0.25, 0.3) is 0 Å². The minimum atomic E-state index is -0.352. The van der Waals surface area contributed by atoms with Crippen LogP contribution in [0, 0.1) is 12.7 Å². The van der Waals surface area contributed by atoms with E-state index < -0.39 is 0 Å². The Balaban J connectivity index is 1.79. The number of hydrogen-bond acceptors (Lipinski definition) is 5. The molecule has 0 spiro atoms. The first-order valence-electron chi connectivity index (χ1n) is 6.76. The lowest BCUT2D eigenvalue weighted by atomic mass is 10.2. The summed E-state index contributed by atoms with van der Waals surface area (Å²) in [6.45, 7) is 2.00. The summed E-state index contributed by atoms with van der Waals surface area (Å²) in [6, 6.07) is 14.2. The third-order valence-corrected chi connectivity index (χ3v) is 2.97. The second-order valence-electron chi connectivity index (χ2n) is 4.76. The average molecular weight is 295 g/mol. The molecule has 3 aromatic rings. The van der Waals surface area contributed by atoms with E-state index in [0.717, 1.165) is 11.3 Å². The number of nitrogens with one attached hydrogen (secondary N) is 2. The van der Waals surface area contributed by atoms with Crippen molar-refractivity contribution in [2.45, 2.75) is 6.92 Å². The summed E-state index contributed by atoms with van der Waals surface area (Å²) in [5, 5.41) is 13.7. The fraction of sp³-hybridized carbons (Fsp3) is 0.0625. The van der Waals surface area contributed by atoms with Gasteiger partial charge in [0.1, 0.15) is 5.82 Å². The van der Waals surface area contributed by atoms with E-state index in [1.165, 1.54) is 12.3 Å². The maximum Gasteiger partial charge on any atom is 0.249 e. The standard InChI is InChI=1S/C16H14FN5/c1-11-5-4-6-12(9-11)19-16-21-15(10-18-22-16)20-14-8-3-2-7-13(14)17/h2-10H,1H3,(H2,19,20,21,22). The Labute approximate surface area is 127 Å². The molecule has 1 heterocycles. The first-order valence-corrected chi connectivity index (χ1v) is 6.76. The molecule has 0 unspecified atom stereocenters. The minimum Gasteiger partial charge on any atom is -0.336 e. The van der Waals surface area contributed by atoms with E-state index >= 15 is 0 Å². The van der Waals surface area contributed by atoms with Crippen LogP contribution in [0.1, 0.15) is 5.56 Å². The number of aromatic nitrogens is 3. The highest BCUT2D eigenvalue weighted by Crippen LogP contribution is 2.19. The highest BCUT2D eigenvalue weighted by molar-refractivity contribution is 5.59. The summed E-state index contributed by atoms with van der Waals surface area (Å²) >= 11 is 0. The molecule has 0 radical (unpaired) electrons. The van der Waals surface area contributed by atoms with E-state index in [9.17, 15) is 4.39 Å². The van der Waals surface area contributed by atoms with Crippen LogP contribution in [0.5, 0.6) is 0 Å². The Bertz CT molecular complexity index is 791. The molecule has 0 aliphatic rings. The van der Waals surface area contributed by atoms with Crippen LogP contribution < -0.4 is 10.6 Å². The van der Waals surface area contributed by atoms with Crippen molar-refractivity contribution in [1.29, 1.82) is 0 Å². The zero-order chi connectivity index (χ0) is 15.4. The monoisotopic (exact) mass is 295 g/mol. The van der Waals surface area contributed by atoms with Crippen molar-refractivity contribution < 1.29 is 4.39 Å². The molecule has 2 N–H and O–H groups in total. The normalized spacial score (nSPS) is 10.3. The number of aryl methyl sites for hydroxylation is 1. The Morgan fingerprint density at radius 1 is 1.00 bits per heavy atom. The largest absolute Gasteiger partial charge is 0.336 e. The lowest BCUT2D eigenvalue weighted by Crippen LogP contribution is -2.03. The van der Waals surface area contributed by atoms with Gasteiger partial charge in [-0.2, -0.15) is 10.1 Å². The van der Waals surface area contributed by atoms with Crippen molar-refractivity contribution in [3.63, 3.8) is 0 Å². The second kappa shape index (κ2) is 6.17. The quantitative estimate of drug-likeness (QED) is 0.766. The van der Waals surface area contributed by atoms with Crippen LogP contribution in [-0.4, -0.2) is 15.2 Å². The lowest BCUT2D eigenvalue weighted by Gasteiger charge is -2.08. The van der Waals surface area contributed by atoms with Gasteiger partial charge in [-0.1, -0.05) is 24.3 Å². The van der Waals surface area contributed by atoms with Crippen molar-refractivity contribution in [1.82, 2.24) is 15.2 Å². The van der Waals surface area contributed by atoms with Crippen LogP contribution in [0.3, 0.4) is 0 Å². The smallest absolute Gasteiger partial charge is 0.249 e. The summed E-state index contributed by atoms with van der Waals surface area (Å²) in [7, 11) is 0. The average Bonchev–Trinajstić information content (AvgIpc) is 2.50. The summed E-state index contributed by atoms with van der Waals surface area (Å²) < 4.78 is 13.6. The molecule has 0 fully saturated rings. The lowest BCUT2D eigenvalue weighted by molar-refractivity contribution is 0.632. The molecule has 0 atom stereocenters. The van der Waals surface area contributed by atoms with Gasteiger partial charge in [-0.25, -0.2) is 4.39 Å². The number of anilines is 4. The van der Waals surface area contributed by atoms with E-state index in [-0.39, 0.29) is 5.82 Å². The zero-order valence-corrected chi connectivity index (χ0v) is 11.9. The van der Waals surface area contributed by atoms with Crippen molar-refractivity contribution in [3.05, 3.63) is 66.1 Å². The van der Waals surface area contributed by atoms with Crippen LogP contribution in [0.4, 0.5) is 27.5 Å². The first kappa shape index (κ1) is 13.9. The molecule has 0 amide bonds. The molecule has 5 nitrogen and oxygen atoms in total. The molecule has 0 saturated carbocycles. The SMILES string of the molecule is Cc1cccc(Nc2nncc(Nc3ccccc3F)n2)c1. The van der Waals surface area contributed by atoms with Gasteiger partial charge in [-0.15, -0.1) is 5.10 Å². The van der Waals surface area contributed by atoms with Gasteiger partial charge in [-0.05, 0) is 36.8 Å². The van der Waals surface area contributed by atoms with Crippen molar-refractivity contribution in [2.75, 3.05) is 10.6 Å². The Hall–Kier alpha value is -3.02. The summed E-state index contributed by atoms with van der Waals surface area (Å²) in [4.78, 5) is 4.27. The summed E-state index contributed by atoms with van der Waals surface area (Å²) in [6.07, 6.45) is 1.44. The van der Waals surface area contributed by atoms with E-state index in [4.69, 9.17) is 0 Å². The number of benzene rings is 2. The number of nitrogens with zero attached hydrogens (tertiary/aromatic N) is 3. The maximum atomic E-state index is 13.6. The minimum absolute atomic E-state index is 0.338. The number of para-hydroxylation sites is 1. The maximum absolute atomic E-state index is 13.6. The second-order valence-corrected chi connectivity index (χ2v) is 4.76. The van der Waals surface area contributed by atoms with E-state index in [1.807, 2.05) is 31.2 Å². The molecule has 110 valence electrons. The molecular weight excluding hydrogens is 281 g/mol. The number of hydrogen-bond donors (Lipinski definition) is 2. The van der Waals surface area contributed by atoms with Gasteiger partial charge in [0, 0.05) is 5.69 Å². The molecule has 0 aliphatic heterocycles. The van der Waals surface area contributed by atoms with Gasteiger partial charge in [-0.3, -0.25) is 0 Å². The van der Waals surface area contributed by atoms with Crippen molar-refractivity contribution in [3.8, 4) is 0 Å². The van der Waals surface area contributed by atoms with Gasteiger partial charge in [0.05, 0.1) is 11.9 Å². The van der Waals surface area contributed by atoms with Gasteiger partial charge < -0.3 is 10.6 Å². The highest BCUT2D eigenvalue weighted by atomic mass is 19.1. The predicted octanol–water partition coefficient (Wildman–Crippen LogP) is 3.81. The third kappa shape index (κ3) is 3.35. The molecule has 0 bridgehead atoms. The number of halogens is 1. The van der Waals surface area contributed by atoms with Crippen LogP contribution in [0.15, 0.2) is 54.7 Å². The molecule has 22 heavy (non-hydrogen) atoms. The van der Waals surface area contributed by atoms with Gasteiger partial charge >= 0.3 is 0 Å². The highest BCUT2D eigenvalue weighted by Gasteiger charge is 2.05. The third-order valence-electron chi connectivity index (χ3n) is 2.97. The Morgan fingerprint density at radius 3 is 2.68 bits per heavy atom. The van der Waals surface area contributed by atoms with Crippen LogP contribution >= 0.6 is 0 Å². The molecule has 0 saturated heterocycles. The van der Waals surface area contributed by atoms with Crippen molar-refractivity contribution >= 4 is 23.1 Å². The summed E-state index contributed by atoms with van der Waals surface area (Å²) in [5.41, 5.74) is 2.33. The molecule has 3 rings (SSSR count). The zero-order valence-electron chi connectivity index (χ0n) is 11.9. The van der Waals surface area contributed by atoms with Gasteiger partial charge in [0.2, 0.25) is 5.95 Å². The molecular formula is C16H14FN5. The Morgan fingerprint density at radius 2 is 1.86 bits per heavy atom. The topological polar surface area (TPSA) is 62.7 Å². The van der Waals surface area contributed by atoms with Crippen LogP contribution in [-0.2, 0) is 0 Å². The fourth-order valence-corrected chi connectivity index (χ4v) is 1.97. The molecule has 6 heteroatoms. The molecule has 1 aromatic heterocycles. The van der Waals surface area contributed by atoms with E-state index in [0.29, 0.717) is 17.5 Å². The predicted molar refractivity (Wildman–Crippen MR) is 84.0 cm³/mol. The number of rotatable bonds is 4. The van der Waals surface area contributed by atoms with Gasteiger partial charge in [0.15, 0.2) is 5.82 Å². The van der Waals surface area contributed by atoms with Crippen molar-refractivity contribution in [2.24, 2.45) is 0 Å². The Kier molecular flexibility index (Phi) is 3.91.